The summed E-state index contributed by atoms with van der Waals surface area (Å²) < 4.78 is 16.0. The molecule has 0 radical (unpaired) electrons. The van der Waals surface area contributed by atoms with E-state index in [9.17, 15) is 0 Å². The number of ether oxygens (including phenoxy) is 3. The van der Waals surface area contributed by atoms with Crippen molar-refractivity contribution in [2.45, 2.75) is 20.5 Å². The minimum atomic E-state index is 0.559. The van der Waals surface area contributed by atoms with Crippen LogP contribution in [0.3, 0.4) is 0 Å². The van der Waals surface area contributed by atoms with E-state index in [0.29, 0.717) is 19.8 Å². The Hall–Kier alpha value is -1.22. The van der Waals surface area contributed by atoms with Crippen LogP contribution in [0.4, 0.5) is 0 Å². The Morgan fingerprint density at radius 1 is 1.13 bits per heavy atom. The van der Waals surface area contributed by atoms with E-state index in [1.807, 2.05) is 32.0 Å². The Morgan fingerprint density at radius 3 is 2.53 bits per heavy atom. The lowest BCUT2D eigenvalue weighted by Gasteiger charge is -2.11. The molecule has 15 heavy (non-hydrogen) atoms. The maximum atomic E-state index is 5.50. The van der Waals surface area contributed by atoms with Crippen LogP contribution in [0.2, 0.25) is 0 Å². The monoisotopic (exact) mass is 210 g/mol. The van der Waals surface area contributed by atoms with Crippen molar-refractivity contribution in [3.63, 3.8) is 0 Å². The average molecular weight is 210 g/mol. The number of rotatable bonds is 6. The first-order valence-electron chi connectivity index (χ1n) is 5.19. The fourth-order valence-electron chi connectivity index (χ4n) is 1.30. The van der Waals surface area contributed by atoms with Gasteiger partial charge < -0.3 is 14.2 Å². The molecule has 0 N–H and O–H groups in total. The van der Waals surface area contributed by atoms with E-state index < -0.39 is 0 Å². The van der Waals surface area contributed by atoms with E-state index >= 15 is 0 Å². The van der Waals surface area contributed by atoms with Gasteiger partial charge in [0.05, 0.1) is 20.3 Å². The van der Waals surface area contributed by atoms with Crippen LogP contribution in [0, 0.1) is 0 Å². The maximum Gasteiger partial charge on any atom is 0.125 e. The zero-order valence-corrected chi connectivity index (χ0v) is 9.58. The van der Waals surface area contributed by atoms with Gasteiger partial charge >= 0.3 is 0 Å². The summed E-state index contributed by atoms with van der Waals surface area (Å²) >= 11 is 0. The molecule has 0 aliphatic heterocycles. The highest BCUT2D eigenvalue weighted by molar-refractivity contribution is 5.39. The van der Waals surface area contributed by atoms with E-state index in [1.165, 1.54) is 0 Å². The molecular formula is C12H18O3. The Balaban J connectivity index is 2.83. The highest BCUT2D eigenvalue weighted by atomic mass is 16.5. The topological polar surface area (TPSA) is 27.7 Å². The highest BCUT2D eigenvalue weighted by Gasteiger charge is 2.05. The molecule has 0 aliphatic rings. The third-order valence-corrected chi connectivity index (χ3v) is 2.03. The van der Waals surface area contributed by atoms with Crippen molar-refractivity contribution in [2.24, 2.45) is 0 Å². The van der Waals surface area contributed by atoms with E-state index in [4.69, 9.17) is 14.2 Å². The molecule has 0 atom stereocenters. The zero-order valence-electron chi connectivity index (χ0n) is 9.58. The molecule has 0 fully saturated rings. The van der Waals surface area contributed by atoms with Gasteiger partial charge in [0.2, 0.25) is 0 Å². The van der Waals surface area contributed by atoms with E-state index in [0.717, 1.165) is 17.1 Å². The molecular weight excluding hydrogens is 192 g/mol. The molecule has 3 nitrogen and oxygen atoms in total. The SMILES string of the molecule is CCOCc1cc(OC)ccc1OCC. The van der Waals surface area contributed by atoms with Crippen molar-refractivity contribution in [3.8, 4) is 11.5 Å². The van der Waals surface area contributed by atoms with Gasteiger partial charge in [-0.2, -0.15) is 0 Å². The fraction of sp³-hybridized carbons (Fsp3) is 0.500. The Bertz CT molecular complexity index is 297. The van der Waals surface area contributed by atoms with Crippen LogP contribution in [-0.4, -0.2) is 20.3 Å². The predicted octanol–water partition coefficient (Wildman–Crippen LogP) is 2.63. The molecule has 0 bridgehead atoms. The standard InChI is InChI=1S/C12H18O3/c1-4-14-9-10-8-11(13-3)6-7-12(10)15-5-2/h6-8H,4-5,9H2,1-3H3. The first kappa shape index (κ1) is 11.9. The predicted molar refractivity (Wildman–Crippen MR) is 59.5 cm³/mol. The first-order chi connectivity index (χ1) is 7.31. The minimum absolute atomic E-state index is 0.559. The smallest absolute Gasteiger partial charge is 0.125 e. The van der Waals surface area contributed by atoms with Gasteiger partial charge in [-0.25, -0.2) is 0 Å². The lowest BCUT2D eigenvalue weighted by atomic mass is 10.2. The van der Waals surface area contributed by atoms with Crippen LogP contribution in [-0.2, 0) is 11.3 Å². The molecule has 0 heterocycles. The van der Waals surface area contributed by atoms with Crippen LogP contribution in [0.25, 0.3) is 0 Å². The Morgan fingerprint density at radius 2 is 1.93 bits per heavy atom. The van der Waals surface area contributed by atoms with Crippen LogP contribution in [0.1, 0.15) is 19.4 Å². The largest absolute Gasteiger partial charge is 0.497 e. The van der Waals surface area contributed by atoms with Gasteiger partial charge in [-0.15, -0.1) is 0 Å². The van der Waals surface area contributed by atoms with E-state index in [2.05, 4.69) is 0 Å². The quantitative estimate of drug-likeness (QED) is 0.722. The summed E-state index contributed by atoms with van der Waals surface area (Å²) in [5, 5.41) is 0. The van der Waals surface area contributed by atoms with Crippen LogP contribution < -0.4 is 9.47 Å². The Kier molecular flexibility index (Phi) is 4.98. The highest BCUT2D eigenvalue weighted by Crippen LogP contribution is 2.24. The second-order valence-corrected chi connectivity index (χ2v) is 3.04. The van der Waals surface area contributed by atoms with Gasteiger partial charge in [-0.1, -0.05) is 0 Å². The lowest BCUT2D eigenvalue weighted by molar-refractivity contribution is 0.131. The van der Waals surface area contributed by atoms with Gasteiger partial charge in [0.25, 0.3) is 0 Å². The maximum absolute atomic E-state index is 5.50. The molecule has 84 valence electrons. The second-order valence-electron chi connectivity index (χ2n) is 3.04. The van der Waals surface area contributed by atoms with Gasteiger partial charge in [-0.3, -0.25) is 0 Å². The van der Waals surface area contributed by atoms with Crippen molar-refractivity contribution in [1.82, 2.24) is 0 Å². The van der Waals surface area contributed by atoms with Crippen molar-refractivity contribution < 1.29 is 14.2 Å². The zero-order chi connectivity index (χ0) is 11.1. The van der Waals surface area contributed by atoms with Crippen molar-refractivity contribution in [1.29, 1.82) is 0 Å². The van der Waals surface area contributed by atoms with E-state index in [1.54, 1.807) is 7.11 Å². The number of hydrogen-bond donors (Lipinski definition) is 0. The Labute approximate surface area is 91.0 Å². The van der Waals surface area contributed by atoms with Crippen LogP contribution >= 0.6 is 0 Å². The molecule has 0 aliphatic carbocycles. The molecule has 1 aromatic rings. The molecule has 0 saturated heterocycles. The molecule has 0 amide bonds. The molecule has 3 heteroatoms. The summed E-state index contributed by atoms with van der Waals surface area (Å²) in [7, 11) is 1.65. The summed E-state index contributed by atoms with van der Waals surface area (Å²) in [6.45, 7) is 5.85. The first-order valence-corrected chi connectivity index (χ1v) is 5.19. The molecule has 0 aromatic heterocycles. The van der Waals surface area contributed by atoms with Crippen molar-refractivity contribution in [2.75, 3.05) is 20.3 Å². The number of benzene rings is 1. The van der Waals surface area contributed by atoms with Gasteiger partial charge in [0.15, 0.2) is 0 Å². The summed E-state index contributed by atoms with van der Waals surface area (Å²) in [5.74, 6) is 1.69. The average Bonchev–Trinajstić information content (AvgIpc) is 2.28. The van der Waals surface area contributed by atoms with E-state index in [-0.39, 0.29) is 0 Å². The lowest BCUT2D eigenvalue weighted by Crippen LogP contribution is -1.99. The van der Waals surface area contributed by atoms with Crippen LogP contribution in [0.15, 0.2) is 18.2 Å². The summed E-state index contributed by atoms with van der Waals surface area (Å²) in [5.41, 5.74) is 1.03. The molecule has 0 saturated carbocycles. The fourth-order valence-corrected chi connectivity index (χ4v) is 1.30. The molecule has 0 unspecified atom stereocenters. The normalized spacial score (nSPS) is 10.1. The second kappa shape index (κ2) is 6.30. The summed E-state index contributed by atoms with van der Waals surface area (Å²) in [6, 6.07) is 5.75. The van der Waals surface area contributed by atoms with Crippen molar-refractivity contribution >= 4 is 0 Å². The molecule has 0 spiro atoms. The summed E-state index contributed by atoms with van der Waals surface area (Å²) in [6.07, 6.45) is 0. The van der Waals surface area contributed by atoms with Gasteiger partial charge in [0, 0.05) is 12.2 Å². The molecule has 1 aromatic carbocycles. The van der Waals surface area contributed by atoms with Gasteiger partial charge in [-0.05, 0) is 32.0 Å². The summed E-state index contributed by atoms with van der Waals surface area (Å²) in [4.78, 5) is 0. The van der Waals surface area contributed by atoms with Crippen molar-refractivity contribution in [3.05, 3.63) is 23.8 Å². The number of hydrogen-bond acceptors (Lipinski definition) is 3. The minimum Gasteiger partial charge on any atom is -0.497 e. The van der Waals surface area contributed by atoms with Gasteiger partial charge in [0.1, 0.15) is 11.5 Å². The third-order valence-electron chi connectivity index (χ3n) is 2.03. The molecule has 1 rings (SSSR count). The number of methoxy groups -OCH3 is 1. The van der Waals surface area contributed by atoms with Crippen LogP contribution in [0.5, 0.6) is 11.5 Å². The third kappa shape index (κ3) is 3.44.